The molecule has 1 N–H and O–H groups in total. The number of phosphoric ester groups is 1. The molecule has 0 radical (unpaired) electrons. The molecule has 1 rings (SSSR count). The van der Waals surface area contributed by atoms with Gasteiger partial charge in [-0.3, -0.25) is 9.36 Å². The number of hydrogen-bond acceptors (Lipinski definition) is 6. The molecule has 0 bridgehead atoms. The van der Waals surface area contributed by atoms with Gasteiger partial charge in [0.15, 0.2) is 0 Å². The zero-order valence-electron chi connectivity index (χ0n) is 15.6. The molecule has 0 aliphatic heterocycles. The highest BCUT2D eigenvalue weighted by Crippen LogP contribution is 2.40. The van der Waals surface area contributed by atoms with Gasteiger partial charge < -0.3 is 24.0 Å². The maximum atomic E-state index is 11.8. The number of hydrogen-bond donors (Lipinski definition) is 1. The van der Waals surface area contributed by atoms with Crippen LogP contribution in [-0.2, 0) is 13.9 Å². The van der Waals surface area contributed by atoms with E-state index in [1.807, 2.05) is 6.92 Å². The second-order valence-corrected chi connectivity index (χ2v) is 7.13. The van der Waals surface area contributed by atoms with Crippen LogP contribution in [0.15, 0.2) is 24.3 Å². The van der Waals surface area contributed by atoms with E-state index in [-0.39, 0.29) is 24.8 Å². The van der Waals surface area contributed by atoms with Crippen molar-refractivity contribution in [1.29, 1.82) is 0 Å². The molecule has 0 saturated heterocycles. The number of ether oxygens (including phenoxy) is 1. The molecular formula is C18H29NO6P-. The van der Waals surface area contributed by atoms with Crippen molar-refractivity contribution in [3.63, 3.8) is 0 Å². The Morgan fingerprint density at radius 3 is 2.62 bits per heavy atom. The average Bonchev–Trinajstić information content (AvgIpc) is 2.59. The number of carbonyl (C=O) groups is 1. The van der Waals surface area contributed by atoms with Crippen LogP contribution in [0.2, 0.25) is 0 Å². The van der Waals surface area contributed by atoms with Crippen LogP contribution in [0.25, 0.3) is 0 Å². The van der Waals surface area contributed by atoms with E-state index in [4.69, 9.17) is 13.8 Å². The molecule has 7 nitrogen and oxygen atoms in total. The van der Waals surface area contributed by atoms with Crippen molar-refractivity contribution in [2.75, 3.05) is 19.8 Å². The quantitative estimate of drug-likeness (QED) is 0.389. The van der Waals surface area contributed by atoms with E-state index in [9.17, 15) is 14.3 Å². The largest absolute Gasteiger partial charge is 0.746 e. The van der Waals surface area contributed by atoms with Gasteiger partial charge in [0.05, 0.1) is 13.2 Å². The summed E-state index contributed by atoms with van der Waals surface area (Å²) in [5, 5.41) is 2.64. The maximum absolute atomic E-state index is 11.8. The Bertz CT molecular complexity index is 581. The second kappa shape index (κ2) is 12.7. The van der Waals surface area contributed by atoms with Gasteiger partial charge in [-0.15, -0.1) is 0 Å². The third-order valence-electron chi connectivity index (χ3n) is 3.51. The molecular weight excluding hydrogens is 357 g/mol. The number of phosphoric acid groups is 1. The van der Waals surface area contributed by atoms with Crippen LogP contribution in [0.5, 0.6) is 11.5 Å². The summed E-state index contributed by atoms with van der Waals surface area (Å²) in [7, 11) is -4.50. The van der Waals surface area contributed by atoms with Crippen molar-refractivity contribution in [2.24, 2.45) is 0 Å². The van der Waals surface area contributed by atoms with E-state index < -0.39 is 7.82 Å². The lowest BCUT2D eigenvalue weighted by Gasteiger charge is -2.23. The Hall–Kier alpha value is -1.56. The summed E-state index contributed by atoms with van der Waals surface area (Å²) in [5.41, 5.74) is 0. The van der Waals surface area contributed by atoms with Crippen LogP contribution in [0, 0.1) is 0 Å². The molecule has 1 atom stereocenters. The Balaban J connectivity index is 2.23. The number of nitrogens with one attached hydrogen (secondary N) is 1. The topological polar surface area (TPSA) is 96.9 Å². The standard InChI is InChI=1S/C18H30NO6P/c1-3-5-6-7-8-12-18(20)19-13-14-24-26(21,22)25-17-11-9-10-16(15-17)23-4-2/h9-11,15H,3-8,12-14H2,1-2H3,(H,19,20)(H,21,22)/p-1. The fourth-order valence-electron chi connectivity index (χ4n) is 2.27. The zero-order valence-corrected chi connectivity index (χ0v) is 16.5. The molecule has 26 heavy (non-hydrogen) atoms. The second-order valence-electron chi connectivity index (χ2n) is 5.79. The highest BCUT2D eigenvalue weighted by Gasteiger charge is 2.12. The van der Waals surface area contributed by atoms with Crippen molar-refractivity contribution in [3.05, 3.63) is 24.3 Å². The van der Waals surface area contributed by atoms with Crippen LogP contribution in [0.3, 0.4) is 0 Å². The first-order valence-corrected chi connectivity index (χ1v) is 10.6. The number of benzene rings is 1. The van der Waals surface area contributed by atoms with Gasteiger partial charge in [-0.25, -0.2) is 0 Å². The molecule has 0 heterocycles. The van der Waals surface area contributed by atoms with Gasteiger partial charge in [0.1, 0.15) is 11.5 Å². The molecule has 0 fully saturated rings. The van der Waals surface area contributed by atoms with Gasteiger partial charge >= 0.3 is 7.82 Å². The third-order valence-corrected chi connectivity index (χ3v) is 4.45. The molecule has 1 aromatic rings. The van der Waals surface area contributed by atoms with Gasteiger partial charge in [0.2, 0.25) is 5.91 Å². The molecule has 0 saturated carbocycles. The van der Waals surface area contributed by atoms with Gasteiger partial charge in [-0.2, -0.15) is 0 Å². The average molecular weight is 386 g/mol. The Morgan fingerprint density at radius 2 is 1.88 bits per heavy atom. The lowest BCUT2D eigenvalue weighted by atomic mass is 10.1. The molecule has 8 heteroatoms. The van der Waals surface area contributed by atoms with E-state index in [0.29, 0.717) is 18.8 Å². The summed E-state index contributed by atoms with van der Waals surface area (Å²) in [5.74, 6) is 0.526. The Kier molecular flexibility index (Phi) is 11.0. The van der Waals surface area contributed by atoms with E-state index in [1.165, 1.54) is 18.6 Å². The van der Waals surface area contributed by atoms with Crippen LogP contribution >= 0.6 is 7.82 Å². The Morgan fingerprint density at radius 1 is 1.15 bits per heavy atom. The van der Waals surface area contributed by atoms with E-state index in [1.54, 1.807) is 12.1 Å². The minimum Gasteiger partial charge on any atom is -0.746 e. The molecule has 1 amide bonds. The first-order valence-electron chi connectivity index (χ1n) is 9.11. The molecule has 0 aliphatic carbocycles. The zero-order chi connectivity index (χ0) is 19.3. The number of carbonyl (C=O) groups excluding carboxylic acids is 1. The van der Waals surface area contributed by atoms with Crippen LogP contribution in [0.1, 0.15) is 52.4 Å². The highest BCUT2D eigenvalue weighted by atomic mass is 31.2. The van der Waals surface area contributed by atoms with Crippen molar-refractivity contribution in [1.82, 2.24) is 5.32 Å². The van der Waals surface area contributed by atoms with Crippen molar-refractivity contribution in [3.8, 4) is 11.5 Å². The molecule has 0 aliphatic rings. The maximum Gasteiger partial charge on any atom is 0.319 e. The van der Waals surface area contributed by atoms with E-state index >= 15 is 0 Å². The first-order chi connectivity index (χ1) is 12.5. The van der Waals surface area contributed by atoms with Crippen LogP contribution < -0.4 is 19.5 Å². The van der Waals surface area contributed by atoms with Crippen molar-refractivity contribution in [2.45, 2.75) is 52.4 Å². The predicted octanol–water partition coefficient (Wildman–Crippen LogP) is 3.43. The van der Waals surface area contributed by atoms with Crippen molar-refractivity contribution >= 4 is 13.7 Å². The molecule has 1 unspecified atom stereocenters. The number of unbranched alkanes of at least 4 members (excludes halogenated alkanes) is 4. The predicted molar refractivity (Wildman–Crippen MR) is 98.2 cm³/mol. The summed E-state index contributed by atoms with van der Waals surface area (Å²) < 4.78 is 26.7. The number of amides is 1. The minimum absolute atomic E-state index is 0.101. The molecule has 0 aromatic heterocycles. The van der Waals surface area contributed by atoms with Gasteiger partial charge in [0.25, 0.3) is 0 Å². The fraction of sp³-hybridized carbons (Fsp3) is 0.611. The van der Waals surface area contributed by atoms with Crippen LogP contribution in [0.4, 0.5) is 0 Å². The highest BCUT2D eigenvalue weighted by molar-refractivity contribution is 7.46. The van der Waals surface area contributed by atoms with Gasteiger partial charge in [0, 0.05) is 19.0 Å². The summed E-state index contributed by atoms with van der Waals surface area (Å²) in [6.45, 7) is 4.37. The fourth-order valence-corrected chi connectivity index (χ4v) is 3.01. The third kappa shape index (κ3) is 10.4. The smallest absolute Gasteiger partial charge is 0.319 e. The molecule has 0 spiro atoms. The van der Waals surface area contributed by atoms with E-state index in [0.717, 1.165) is 25.7 Å². The van der Waals surface area contributed by atoms with Crippen LogP contribution in [-0.4, -0.2) is 25.7 Å². The summed E-state index contributed by atoms with van der Waals surface area (Å²) in [6, 6.07) is 6.29. The Labute approximate surface area is 155 Å². The summed E-state index contributed by atoms with van der Waals surface area (Å²) in [6.07, 6.45) is 5.79. The SMILES string of the molecule is CCCCCCCC(=O)NCCOP(=O)([O-])Oc1cccc(OCC)c1. The monoisotopic (exact) mass is 386 g/mol. The minimum atomic E-state index is -4.50. The normalized spacial score (nSPS) is 13.0. The van der Waals surface area contributed by atoms with Gasteiger partial charge in [-0.05, 0) is 25.5 Å². The summed E-state index contributed by atoms with van der Waals surface area (Å²) in [4.78, 5) is 23.4. The van der Waals surface area contributed by atoms with Gasteiger partial charge in [-0.1, -0.05) is 38.7 Å². The van der Waals surface area contributed by atoms with Crippen molar-refractivity contribution < 1.29 is 28.0 Å². The molecule has 148 valence electrons. The lowest BCUT2D eigenvalue weighted by molar-refractivity contribution is -0.216. The number of rotatable bonds is 14. The van der Waals surface area contributed by atoms with E-state index in [2.05, 4.69) is 12.2 Å². The summed E-state index contributed by atoms with van der Waals surface area (Å²) >= 11 is 0. The first kappa shape index (κ1) is 22.5. The lowest BCUT2D eigenvalue weighted by Crippen LogP contribution is -2.27. The molecule has 1 aromatic carbocycles.